The molecule has 0 aliphatic heterocycles. The first-order valence-corrected chi connectivity index (χ1v) is 18.9. The Morgan fingerprint density at radius 1 is 0.667 bits per heavy atom. The summed E-state index contributed by atoms with van der Waals surface area (Å²) in [4.78, 5) is 4.82. The van der Waals surface area contributed by atoms with Crippen molar-refractivity contribution in [3.05, 3.63) is 131 Å². The first-order chi connectivity index (χ1) is 25.0. The fourth-order valence-electron chi connectivity index (χ4n) is 7.57. The molecule has 0 amide bonds. The number of aryl methyl sites for hydroxylation is 1. The Bertz CT molecular complexity index is 2450. The molecule has 3 heterocycles. The van der Waals surface area contributed by atoms with Crippen molar-refractivity contribution in [2.45, 2.75) is 106 Å². The van der Waals surface area contributed by atoms with Gasteiger partial charge in [0.25, 0.3) is 0 Å². The second-order valence-electron chi connectivity index (χ2n) is 17.1. The zero-order valence-corrected chi connectivity index (χ0v) is 36.0. The number of hydrogen-bond donors (Lipinski definition) is 0. The van der Waals surface area contributed by atoms with Gasteiger partial charge in [0, 0.05) is 34.5 Å². The van der Waals surface area contributed by atoms with E-state index >= 15 is 0 Å². The van der Waals surface area contributed by atoms with Crippen molar-refractivity contribution in [3.63, 3.8) is 0 Å². The average Bonchev–Trinajstić information content (AvgIpc) is 3.59. The first-order valence-electron chi connectivity index (χ1n) is 18.9. The summed E-state index contributed by atoms with van der Waals surface area (Å²) in [6.07, 6.45) is 1.90. The van der Waals surface area contributed by atoms with Crippen LogP contribution in [0.25, 0.3) is 44.4 Å². The van der Waals surface area contributed by atoms with Crippen LogP contribution in [-0.4, -0.2) is 19.3 Å². The number of ether oxygens (including phenoxy) is 1. The van der Waals surface area contributed by atoms with Crippen LogP contribution >= 0.6 is 0 Å². The zero-order chi connectivity index (χ0) is 38.0. The number of hydrogen-bond acceptors (Lipinski definition) is 3. The molecule has 5 nitrogen and oxygen atoms in total. The molecule has 0 aliphatic rings. The summed E-state index contributed by atoms with van der Waals surface area (Å²) in [6.45, 7) is 26.9. The molecular formula is C48H52N4OPt. The third-order valence-corrected chi connectivity index (χ3v) is 10.4. The number of pyridine rings is 1. The van der Waals surface area contributed by atoms with Gasteiger partial charge in [0.2, 0.25) is 0 Å². The van der Waals surface area contributed by atoms with E-state index in [0.717, 1.165) is 50.3 Å². The van der Waals surface area contributed by atoms with Crippen molar-refractivity contribution in [3.8, 4) is 34.1 Å². The predicted octanol–water partition coefficient (Wildman–Crippen LogP) is 12.9. The van der Waals surface area contributed by atoms with Gasteiger partial charge in [0.15, 0.2) is 0 Å². The molecule has 3 aromatic heterocycles. The maximum absolute atomic E-state index is 6.69. The van der Waals surface area contributed by atoms with Gasteiger partial charge < -0.3 is 9.30 Å². The molecule has 7 aromatic rings. The Labute approximate surface area is 336 Å². The van der Waals surface area contributed by atoms with E-state index in [1.807, 2.05) is 16.9 Å². The topological polar surface area (TPSA) is 44.9 Å². The molecule has 4 aromatic carbocycles. The molecule has 0 aliphatic carbocycles. The third-order valence-electron chi connectivity index (χ3n) is 10.4. The summed E-state index contributed by atoms with van der Waals surface area (Å²) in [5.74, 6) is 2.77. The van der Waals surface area contributed by atoms with Crippen LogP contribution in [0, 0.1) is 26.0 Å². The molecule has 0 bridgehead atoms. The van der Waals surface area contributed by atoms with E-state index in [9.17, 15) is 0 Å². The number of rotatable bonds is 7. The number of fused-ring (bicyclic) bond motifs is 3. The SMILES string of the molecule is Cc1nn(-c2[c-]c(Oc3[c-]c4c(cc3)c3ccccc3n4-c3cc(C(C)C)ccn3)cc(C(C)C)c2)c(C)c1-c1c(C(C)(C)C)cccc1C(C)(C)C.[Pt+2]. The molecular weight excluding hydrogens is 844 g/mol. The zero-order valence-electron chi connectivity index (χ0n) is 33.8. The molecule has 280 valence electrons. The van der Waals surface area contributed by atoms with E-state index < -0.39 is 0 Å². The summed E-state index contributed by atoms with van der Waals surface area (Å²) >= 11 is 0. The smallest absolute Gasteiger partial charge is 0.509 e. The number of para-hydroxylation sites is 1. The summed E-state index contributed by atoms with van der Waals surface area (Å²) in [5, 5.41) is 7.45. The summed E-state index contributed by atoms with van der Waals surface area (Å²) < 4.78 is 10.9. The minimum atomic E-state index is -0.0428. The molecule has 6 heteroatoms. The van der Waals surface area contributed by atoms with Gasteiger partial charge in [0.1, 0.15) is 5.82 Å². The van der Waals surface area contributed by atoms with Gasteiger partial charge in [0.05, 0.1) is 5.69 Å². The number of benzene rings is 4. The number of aromatic nitrogens is 4. The van der Waals surface area contributed by atoms with Crippen LogP contribution in [0.3, 0.4) is 0 Å². The second-order valence-corrected chi connectivity index (χ2v) is 17.1. The summed E-state index contributed by atoms with van der Waals surface area (Å²) in [5.41, 5.74) is 12.4. The van der Waals surface area contributed by atoms with Crippen molar-refractivity contribution in [2.75, 3.05) is 0 Å². The van der Waals surface area contributed by atoms with Crippen LogP contribution in [0.4, 0.5) is 0 Å². The minimum Gasteiger partial charge on any atom is -0.509 e. The van der Waals surface area contributed by atoms with Crippen molar-refractivity contribution < 1.29 is 25.8 Å². The molecule has 0 unspecified atom stereocenters. The maximum Gasteiger partial charge on any atom is 2.00 e. The van der Waals surface area contributed by atoms with E-state index in [1.165, 1.54) is 27.8 Å². The largest absolute Gasteiger partial charge is 2.00 e. The van der Waals surface area contributed by atoms with Crippen LogP contribution < -0.4 is 4.74 Å². The Kier molecular flexibility index (Phi) is 10.6. The second kappa shape index (κ2) is 14.6. The first kappa shape index (κ1) is 39.2. The molecule has 0 spiro atoms. The van der Waals surface area contributed by atoms with Gasteiger partial charge in [-0.15, -0.1) is 41.3 Å². The van der Waals surface area contributed by atoms with E-state index in [0.29, 0.717) is 17.4 Å². The normalized spacial score (nSPS) is 12.3. The van der Waals surface area contributed by atoms with Crippen LogP contribution in [-0.2, 0) is 31.9 Å². The molecule has 0 radical (unpaired) electrons. The average molecular weight is 896 g/mol. The number of nitrogens with zero attached hydrogens (tertiary/aromatic N) is 4. The molecule has 7 rings (SSSR count). The molecule has 0 saturated heterocycles. The monoisotopic (exact) mass is 895 g/mol. The van der Waals surface area contributed by atoms with Gasteiger partial charge >= 0.3 is 21.1 Å². The van der Waals surface area contributed by atoms with Gasteiger partial charge in [-0.2, -0.15) is 11.2 Å². The Morgan fingerprint density at radius 2 is 1.33 bits per heavy atom. The molecule has 0 N–H and O–H groups in total. The Balaban J connectivity index is 0.00000497. The van der Waals surface area contributed by atoms with Gasteiger partial charge in [-0.3, -0.25) is 4.68 Å². The Morgan fingerprint density at radius 3 is 1.98 bits per heavy atom. The third kappa shape index (κ3) is 7.20. The molecule has 0 fully saturated rings. The van der Waals surface area contributed by atoms with Crippen LogP contribution in [0.15, 0.2) is 85.1 Å². The summed E-state index contributed by atoms with van der Waals surface area (Å²) in [7, 11) is 0. The van der Waals surface area contributed by atoms with E-state index in [2.05, 4.69) is 173 Å². The van der Waals surface area contributed by atoms with Crippen molar-refractivity contribution >= 4 is 21.8 Å². The van der Waals surface area contributed by atoms with E-state index in [4.69, 9.17) is 14.8 Å². The predicted molar refractivity (Wildman–Crippen MR) is 220 cm³/mol. The van der Waals surface area contributed by atoms with Gasteiger partial charge in [-0.25, -0.2) is 4.98 Å². The van der Waals surface area contributed by atoms with Crippen molar-refractivity contribution in [1.29, 1.82) is 0 Å². The van der Waals surface area contributed by atoms with E-state index in [1.54, 1.807) is 0 Å². The fraction of sp³-hybridized carbons (Fsp3) is 0.333. The maximum atomic E-state index is 6.69. The van der Waals surface area contributed by atoms with Crippen LogP contribution in [0.2, 0.25) is 0 Å². The van der Waals surface area contributed by atoms with Gasteiger partial charge in [-0.1, -0.05) is 111 Å². The fourth-order valence-corrected chi connectivity index (χ4v) is 7.57. The molecule has 0 atom stereocenters. The van der Waals surface area contributed by atoms with Crippen LogP contribution in [0.5, 0.6) is 11.5 Å². The molecule has 54 heavy (non-hydrogen) atoms. The Hall–Kier alpha value is -4.47. The summed E-state index contributed by atoms with van der Waals surface area (Å²) in [6, 6.07) is 35.2. The van der Waals surface area contributed by atoms with E-state index in [-0.39, 0.29) is 37.8 Å². The quantitative estimate of drug-likeness (QED) is 0.150. The van der Waals surface area contributed by atoms with Crippen molar-refractivity contribution in [1.82, 2.24) is 19.3 Å². The van der Waals surface area contributed by atoms with Crippen LogP contribution in [0.1, 0.15) is 115 Å². The van der Waals surface area contributed by atoms with Gasteiger partial charge in [-0.05, 0) is 88.0 Å². The standard InChI is InChI=1S/C48H52N4O.Pt/c1-29(2)33-22-23-49-44(26-33)51-42-19-14-13-16-38(42)39-21-20-36(28-43(39)51)53-37-25-34(30(3)4)24-35(27-37)52-32(6)45(31(5)50-52)46-40(47(7,8)9)17-15-18-41(46)48(10,11)12;/h13-26,29-30H,1-12H3;/q-2;+2. The molecule has 0 saturated carbocycles. The van der Waals surface area contributed by atoms with Crippen molar-refractivity contribution in [2.24, 2.45) is 0 Å². The minimum absolute atomic E-state index is 0.